The van der Waals surface area contributed by atoms with Crippen molar-refractivity contribution in [2.24, 2.45) is 0 Å². The second kappa shape index (κ2) is 13.3. The van der Waals surface area contributed by atoms with E-state index in [1.807, 2.05) is 72.8 Å². The molecule has 0 saturated heterocycles. The fourth-order valence-electron chi connectivity index (χ4n) is 7.32. The molecular formula is C49H32N4O. The van der Waals surface area contributed by atoms with Gasteiger partial charge in [-0.3, -0.25) is 0 Å². The molecule has 10 aromatic rings. The number of nitrogens with zero attached hydrogens (tertiary/aromatic N) is 4. The highest BCUT2D eigenvalue weighted by Crippen LogP contribution is 2.43. The van der Waals surface area contributed by atoms with Crippen molar-refractivity contribution in [1.29, 1.82) is 0 Å². The van der Waals surface area contributed by atoms with Crippen LogP contribution in [0, 0.1) is 0 Å². The number of fused-ring (bicyclic) bond motifs is 5. The molecule has 0 atom stereocenters. The summed E-state index contributed by atoms with van der Waals surface area (Å²) >= 11 is 0. The van der Waals surface area contributed by atoms with E-state index < -0.39 is 0 Å². The topological polar surface area (TPSA) is 55.1 Å². The van der Waals surface area contributed by atoms with Crippen LogP contribution < -0.4 is 4.90 Å². The van der Waals surface area contributed by atoms with Crippen molar-refractivity contribution in [2.45, 2.75) is 0 Å². The van der Waals surface area contributed by atoms with Gasteiger partial charge in [0, 0.05) is 49.9 Å². The third-order valence-corrected chi connectivity index (χ3v) is 9.89. The summed E-state index contributed by atoms with van der Waals surface area (Å²) in [6.07, 6.45) is 0. The first kappa shape index (κ1) is 31.4. The van der Waals surface area contributed by atoms with Gasteiger partial charge in [0.15, 0.2) is 17.5 Å². The minimum absolute atomic E-state index is 0.576. The maximum atomic E-state index is 6.82. The number of aromatic nitrogens is 3. The van der Waals surface area contributed by atoms with Crippen LogP contribution >= 0.6 is 0 Å². The molecule has 0 unspecified atom stereocenters. The summed E-state index contributed by atoms with van der Waals surface area (Å²) < 4.78 is 6.82. The smallest absolute Gasteiger partial charge is 0.164 e. The molecule has 2 heterocycles. The van der Waals surface area contributed by atoms with Crippen molar-refractivity contribution in [3.05, 3.63) is 194 Å². The Morgan fingerprint density at radius 2 is 0.870 bits per heavy atom. The molecule has 0 bridgehead atoms. The van der Waals surface area contributed by atoms with Crippen LogP contribution in [0.3, 0.4) is 0 Å². The highest BCUT2D eigenvalue weighted by Gasteiger charge is 2.20. The van der Waals surface area contributed by atoms with Gasteiger partial charge in [-0.15, -0.1) is 0 Å². The Labute approximate surface area is 312 Å². The van der Waals surface area contributed by atoms with E-state index in [2.05, 4.69) is 126 Å². The molecule has 0 fully saturated rings. The summed E-state index contributed by atoms with van der Waals surface area (Å²) in [5.74, 6) is 1.80. The molecule has 0 spiro atoms. The minimum Gasteiger partial charge on any atom is -0.455 e. The zero-order valence-corrected chi connectivity index (χ0v) is 29.2. The quantitative estimate of drug-likeness (QED) is 0.166. The maximum absolute atomic E-state index is 6.82. The number of hydrogen-bond acceptors (Lipinski definition) is 5. The van der Waals surface area contributed by atoms with E-state index in [-0.39, 0.29) is 0 Å². The summed E-state index contributed by atoms with van der Waals surface area (Å²) in [4.78, 5) is 17.4. The minimum atomic E-state index is 0.576. The Balaban J connectivity index is 1.19. The van der Waals surface area contributed by atoms with Crippen LogP contribution in [0.2, 0.25) is 0 Å². The van der Waals surface area contributed by atoms with Gasteiger partial charge in [0.05, 0.1) is 0 Å². The third-order valence-electron chi connectivity index (χ3n) is 9.89. The largest absolute Gasteiger partial charge is 0.455 e. The molecule has 0 amide bonds. The molecule has 0 aliphatic heterocycles. The van der Waals surface area contributed by atoms with E-state index in [1.54, 1.807) is 0 Å². The number of benzene rings is 8. The van der Waals surface area contributed by atoms with Crippen molar-refractivity contribution in [3.63, 3.8) is 0 Å². The average Bonchev–Trinajstić information content (AvgIpc) is 3.64. The standard InChI is InChI=1S/C49H32N4O/c1-5-16-35(17-6-1)47-50-48(36-18-7-2-8-19-36)52-49(51-47)37-31-43(45-42-30-27-33-15-13-14-24-41(33)46(42)54-44(45)32-37)34-25-28-40(29-26-34)53(38-20-9-3-10-21-38)39-22-11-4-12-23-39/h1-32H. The Hall–Kier alpha value is -7.37. The van der Waals surface area contributed by atoms with Gasteiger partial charge in [-0.05, 0) is 71.1 Å². The zero-order valence-electron chi connectivity index (χ0n) is 29.2. The van der Waals surface area contributed by atoms with Crippen LogP contribution in [0.5, 0.6) is 0 Å². The van der Waals surface area contributed by atoms with E-state index in [0.717, 1.165) is 77.6 Å². The third kappa shape index (κ3) is 5.65. The summed E-state index contributed by atoms with van der Waals surface area (Å²) in [5.41, 5.74) is 9.66. The first-order valence-electron chi connectivity index (χ1n) is 18.0. The normalized spacial score (nSPS) is 11.3. The molecule has 0 radical (unpaired) electrons. The van der Waals surface area contributed by atoms with E-state index >= 15 is 0 Å². The zero-order chi connectivity index (χ0) is 35.8. The highest BCUT2D eigenvalue weighted by atomic mass is 16.3. The Kier molecular flexibility index (Phi) is 7.73. The second-order valence-electron chi connectivity index (χ2n) is 13.3. The van der Waals surface area contributed by atoms with Crippen LogP contribution in [-0.4, -0.2) is 15.0 Å². The van der Waals surface area contributed by atoms with E-state index in [0.29, 0.717) is 17.5 Å². The van der Waals surface area contributed by atoms with Crippen molar-refractivity contribution in [1.82, 2.24) is 15.0 Å². The van der Waals surface area contributed by atoms with Gasteiger partial charge in [-0.25, -0.2) is 15.0 Å². The highest BCUT2D eigenvalue weighted by molar-refractivity contribution is 6.19. The van der Waals surface area contributed by atoms with Gasteiger partial charge in [0.2, 0.25) is 0 Å². The fraction of sp³-hybridized carbons (Fsp3) is 0. The molecule has 54 heavy (non-hydrogen) atoms. The van der Waals surface area contributed by atoms with Crippen molar-refractivity contribution in [2.75, 3.05) is 4.90 Å². The number of furan rings is 1. The van der Waals surface area contributed by atoms with Gasteiger partial charge < -0.3 is 9.32 Å². The first-order chi connectivity index (χ1) is 26.8. The van der Waals surface area contributed by atoms with E-state index in [9.17, 15) is 0 Å². The van der Waals surface area contributed by atoms with Crippen molar-refractivity contribution in [3.8, 4) is 45.3 Å². The summed E-state index contributed by atoms with van der Waals surface area (Å²) in [6.45, 7) is 0. The Bertz CT molecular complexity index is 2810. The lowest BCUT2D eigenvalue weighted by Crippen LogP contribution is -2.09. The molecule has 10 rings (SSSR count). The van der Waals surface area contributed by atoms with Crippen LogP contribution in [0.1, 0.15) is 0 Å². The summed E-state index contributed by atoms with van der Waals surface area (Å²) in [5, 5.41) is 4.33. The second-order valence-corrected chi connectivity index (χ2v) is 13.3. The monoisotopic (exact) mass is 692 g/mol. The predicted octanol–water partition coefficient (Wildman–Crippen LogP) is 13.1. The average molecular weight is 693 g/mol. The van der Waals surface area contributed by atoms with E-state index in [4.69, 9.17) is 19.4 Å². The van der Waals surface area contributed by atoms with Crippen LogP contribution in [-0.2, 0) is 0 Å². The lowest BCUT2D eigenvalue weighted by Gasteiger charge is -2.25. The van der Waals surface area contributed by atoms with Crippen LogP contribution in [0.25, 0.3) is 78.0 Å². The summed E-state index contributed by atoms with van der Waals surface area (Å²) in [6, 6.07) is 66.9. The maximum Gasteiger partial charge on any atom is 0.164 e. The molecule has 5 nitrogen and oxygen atoms in total. The molecule has 0 aliphatic rings. The Morgan fingerprint density at radius 1 is 0.370 bits per heavy atom. The van der Waals surface area contributed by atoms with Crippen LogP contribution in [0.4, 0.5) is 17.1 Å². The van der Waals surface area contributed by atoms with Crippen LogP contribution in [0.15, 0.2) is 199 Å². The molecule has 0 saturated carbocycles. The SMILES string of the molecule is c1ccc(-c2nc(-c3ccccc3)nc(-c3cc(-c4ccc(N(c5ccccc5)c5ccccc5)cc4)c4c(c3)oc3c5ccccc5ccc34)n2)cc1. The number of hydrogen-bond donors (Lipinski definition) is 0. The molecular weight excluding hydrogens is 661 g/mol. The molecule has 2 aromatic heterocycles. The summed E-state index contributed by atoms with van der Waals surface area (Å²) in [7, 11) is 0. The molecule has 254 valence electrons. The number of rotatable bonds is 7. The number of anilines is 3. The molecule has 8 aromatic carbocycles. The lowest BCUT2D eigenvalue weighted by molar-refractivity contribution is 0.673. The van der Waals surface area contributed by atoms with Gasteiger partial charge in [-0.1, -0.05) is 140 Å². The predicted molar refractivity (Wildman–Crippen MR) is 221 cm³/mol. The molecule has 0 N–H and O–H groups in total. The van der Waals surface area contributed by atoms with Gasteiger partial charge in [0.1, 0.15) is 11.2 Å². The Morgan fingerprint density at radius 3 is 1.46 bits per heavy atom. The number of para-hydroxylation sites is 2. The lowest BCUT2D eigenvalue weighted by atomic mass is 9.95. The van der Waals surface area contributed by atoms with Crippen molar-refractivity contribution < 1.29 is 4.42 Å². The molecule has 0 aliphatic carbocycles. The van der Waals surface area contributed by atoms with Gasteiger partial charge >= 0.3 is 0 Å². The van der Waals surface area contributed by atoms with Gasteiger partial charge in [-0.2, -0.15) is 0 Å². The molecule has 5 heteroatoms. The van der Waals surface area contributed by atoms with Crippen molar-refractivity contribution >= 4 is 49.8 Å². The van der Waals surface area contributed by atoms with E-state index in [1.165, 1.54) is 0 Å². The van der Waals surface area contributed by atoms with Gasteiger partial charge in [0.25, 0.3) is 0 Å². The fourth-order valence-corrected chi connectivity index (χ4v) is 7.32. The first-order valence-corrected chi connectivity index (χ1v) is 18.0.